The van der Waals surface area contributed by atoms with Crippen molar-refractivity contribution in [1.29, 1.82) is 0 Å². The van der Waals surface area contributed by atoms with Gasteiger partial charge in [0.2, 0.25) is 0 Å². The third-order valence-corrected chi connectivity index (χ3v) is 3.06. The van der Waals surface area contributed by atoms with Crippen molar-refractivity contribution in [3.05, 3.63) is 23.8 Å². The molecule has 0 aliphatic carbocycles. The standard InChI is InChI=1S/C13H20ClNO2/c1-10(7-14)8-15-9-11-4-5-12(16-2)13(6-11)17-3/h4-6,10,15H,7-9H2,1-3H3. The Morgan fingerprint density at radius 1 is 1.24 bits per heavy atom. The minimum absolute atomic E-state index is 0.483. The van der Waals surface area contributed by atoms with Gasteiger partial charge in [-0.1, -0.05) is 13.0 Å². The van der Waals surface area contributed by atoms with E-state index in [-0.39, 0.29) is 0 Å². The second-order valence-electron chi connectivity index (χ2n) is 4.08. The molecule has 1 N–H and O–H groups in total. The number of rotatable bonds is 7. The van der Waals surface area contributed by atoms with E-state index in [1.54, 1.807) is 14.2 Å². The summed E-state index contributed by atoms with van der Waals surface area (Å²) in [6.45, 7) is 3.84. The van der Waals surface area contributed by atoms with Gasteiger partial charge >= 0.3 is 0 Å². The number of alkyl halides is 1. The Balaban J connectivity index is 2.54. The molecule has 0 saturated carbocycles. The molecule has 0 amide bonds. The Morgan fingerprint density at radius 2 is 1.94 bits per heavy atom. The molecule has 0 bridgehead atoms. The fourth-order valence-electron chi connectivity index (χ4n) is 1.51. The molecule has 17 heavy (non-hydrogen) atoms. The summed E-state index contributed by atoms with van der Waals surface area (Å²) in [5, 5.41) is 3.36. The van der Waals surface area contributed by atoms with E-state index >= 15 is 0 Å². The summed E-state index contributed by atoms with van der Waals surface area (Å²) in [7, 11) is 3.28. The Kier molecular flexibility index (Phi) is 6.16. The van der Waals surface area contributed by atoms with Crippen LogP contribution >= 0.6 is 11.6 Å². The van der Waals surface area contributed by atoms with Crippen LogP contribution in [0.3, 0.4) is 0 Å². The van der Waals surface area contributed by atoms with E-state index in [1.807, 2.05) is 18.2 Å². The molecule has 1 unspecified atom stereocenters. The normalized spacial score (nSPS) is 12.2. The maximum absolute atomic E-state index is 5.74. The maximum Gasteiger partial charge on any atom is 0.161 e. The lowest BCUT2D eigenvalue weighted by Crippen LogP contribution is -2.21. The molecule has 0 fully saturated rings. The van der Waals surface area contributed by atoms with Crippen molar-refractivity contribution < 1.29 is 9.47 Å². The van der Waals surface area contributed by atoms with Crippen molar-refractivity contribution in [2.75, 3.05) is 26.6 Å². The molecule has 0 spiro atoms. The van der Waals surface area contributed by atoms with E-state index in [2.05, 4.69) is 12.2 Å². The smallest absolute Gasteiger partial charge is 0.161 e. The lowest BCUT2D eigenvalue weighted by Gasteiger charge is -2.12. The summed E-state index contributed by atoms with van der Waals surface area (Å²) in [5.41, 5.74) is 1.17. The number of nitrogens with one attached hydrogen (secondary N) is 1. The summed E-state index contributed by atoms with van der Waals surface area (Å²) in [6.07, 6.45) is 0. The second kappa shape index (κ2) is 7.41. The molecule has 0 aliphatic rings. The molecule has 1 aromatic rings. The highest BCUT2D eigenvalue weighted by Crippen LogP contribution is 2.27. The monoisotopic (exact) mass is 257 g/mol. The van der Waals surface area contributed by atoms with E-state index in [1.165, 1.54) is 5.56 Å². The molecule has 0 radical (unpaired) electrons. The molecule has 0 aliphatic heterocycles. The number of ether oxygens (including phenoxy) is 2. The Labute approximate surface area is 108 Å². The van der Waals surface area contributed by atoms with Gasteiger partial charge in [0, 0.05) is 12.4 Å². The van der Waals surface area contributed by atoms with E-state index in [4.69, 9.17) is 21.1 Å². The van der Waals surface area contributed by atoms with Crippen LogP contribution in [-0.4, -0.2) is 26.6 Å². The van der Waals surface area contributed by atoms with E-state index in [9.17, 15) is 0 Å². The molecular formula is C13H20ClNO2. The van der Waals surface area contributed by atoms with Crippen LogP contribution in [0.5, 0.6) is 11.5 Å². The fraction of sp³-hybridized carbons (Fsp3) is 0.538. The minimum Gasteiger partial charge on any atom is -0.493 e. The third-order valence-electron chi connectivity index (χ3n) is 2.53. The van der Waals surface area contributed by atoms with Crippen molar-refractivity contribution in [1.82, 2.24) is 5.32 Å². The number of hydrogen-bond acceptors (Lipinski definition) is 3. The fourth-order valence-corrected chi connectivity index (χ4v) is 1.62. The van der Waals surface area contributed by atoms with Crippen LogP contribution < -0.4 is 14.8 Å². The highest BCUT2D eigenvalue weighted by molar-refractivity contribution is 6.18. The van der Waals surface area contributed by atoms with E-state index < -0.39 is 0 Å². The first-order valence-electron chi connectivity index (χ1n) is 5.68. The number of halogens is 1. The average molecular weight is 258 g/mol. The lowest BCUT2D eigenvalue weighted by molar-refractivity contribution is 0.354. The summed E-state index contributed by atoms with van der Waals surface area (Å²) in [6, 6.07) is 5.93. The lowest BCUT2D eigenvalue weighted by atomic mass is 10.2. The second-order valence-corrected chi connectivity index (χ2v) is 4.39. The van der Waals surface area contributed by atoms with Gasteiger partial charge in [-0.25, -0.2) is 0 Å². The van der Waals surface area contributed by atoms with E-state index in [0.717, 1.165) is 24.6 Å². The van der Waals surface area contributed by atoms with Gasteiger partial charge < -0.3 is 14.8 Å². The number of hydrogen-bond donors (Lipinski definition) is 1. The van der Waals surface area contributed by atoms with Gasteiger partial charge in [-0.15, -0.1) is 11.6 Å². The molecule has 1 aromatic carbocycles. The average Bonchev–Trinajstić information content (AvgIpc) is 2.38. The van der Waals surface area contributed by atoms with Gasteiger partial charge in [0.05, 0.1) is 14.2 Å². The molecule has 96 valence electrons. The molecule has 4 heteroatoms. The van der Waals surface area contributed by atoms with Crippen LogP contribution in [0.25, 0.3) is 0 Å². The van der Waals surface area contributed by atoms with Crippen molar-refractivity contribution in [3.8, 4) is 11.5 Å². The van der Waals surface area contributed by atoms with Crippen LogP contribution in [0, 0.1) is 5.92 Å². The first-order valence-corrected chi connectivity index (χ1v) is 6.22. The minimum atomic E-state index is 0.483. The SMILES string of the molecule is COc1ccc(CNCC(C)CCl)cc1OC. The van der Waals surface area contributed by atoms with Crippen molar-refractivity contribution in [3.63, 3.8) is 0 Å². The maximum atomic E-state index is 5.74. The number of benzene rings is 1. The zero-order valence-electron chi connectivity index (χ0n) is 10.6. The zero-order valence-corrected chi connectivity index (χ0v) is 11.4. The van der Waals surface area contributed by atoms with Gasteiger partial charge in [-0.05, 0) is 30.2 Å². The largest absolute Gasteiger partial charge is 0.493 e. The predicted octanol–water partition coefficient (Wildman–Crippen LogP) is 2.67. The molecule has 1 atom stereocenters. The zero-order chi connectivity index (χ0) is 12.7. The van der Waals surface area contributed by atoms with Crippen molar-refractivity contribution in [2.45, 2.75) is 13.5 Å². The van der Waals surface area contributed by atoms with Crippen LogP contribution in [0.1, 0.15) is 12.5 Å². The van der Waals surface area contributed by atoms with Crippen LogP contribution in [-0.2, 0) is 6.54 Å². The van der Waals surface area contributed by atoms with Gasteiger partial charge in [0.1, 0.15) is 0 Å². The molecular weight excluding hydrogens is 238 g/mol. The first kappa shape index (κ1) is 14.1. The molecule has 3 nitrogen and oxygen atoms in total. The van der Waals surface area contributed by atoms with Crippen molar-refractivity contribution >= 4 is 11.6 Å². The Hall–Kier alpha value is -0.930. The van der Waals surface area contributed by atoms with Crippen LogP contribution in [0.4, 0.5) is 0 Å². The molecule has 0 heterocycles. The Morgan fingerprint density at radius 3 is 2.53 bits per heavy atom. The predicted molar refractivity (Wildman–Crippen MR) is 71.1 cm³/mol. The van der Waals surface area contributed by atoms with E-state index in [0.29, 0.717) is 11.8 Å². The van der Waals surface area contributed by atoms with Crippen LogP contribution in [0.2, 0.25) is 0 Å². The molecule has 0 saturated heterocycles. The van der Waals surface area contributed by atoms with Crippen LogP contribution in [0.15, 0.2) is 18.2 Å². The number of methoxy groups -OCH3 is 2. The topological polar surface area (TPSA) is 30.5 Å². The van der Waals surface area contributed by atoms with Gasteiger partial charge in [0.25, 0.3) is 0 Å². The quantitative estimate of drug-likeness (QED) is 0.762. The van der Waals surface area contributed by atoms with Gasteiger partial charge in [0.15, 0.2) is 11.5 Å². The summed E-state index contributed by atoms with van der Waals surface area (Å²) in [4.78, 5) is 0. The summed E-state index contributed by atoms with van der Waals surface area (Å²) in [5.74, 6) is 2.68. The van der Waals surface area contributed by atoms with Gasteiger partial charge in [-0.2, -0.15) is 0 Å². The molecule has 0 aromatic heterocycles. The summed E-state index contributed by atoms with van der Waals surface area (Å²) >= 11 is 5.74. The first-order chi connectivity index (χ1) is 8.21. The third kappa shape index (κ3) is 4.44. The van der Waals surface area contributed by atoms with Gasteiger partial charge in [-0.3, -0.25) is 0 Å². The Bertz CT molecular complexity index is 344. The molecule has 1 rings (SSSR count). The van der Waals surface area contributed by atoms with Crippen molar-refractivity contribution in [2.24, 2.45) is 5.92 Å². The highest BCUT2D eigenvalue weighted by Gasteiger charge is 2.05. The highest BCUT2D eigenvalue weighted by atomic mass is 35.5. The summed E-state index contributed by atoms with van der Waals surface area (Å²) < 4.78 is 10.4.